The topological polar surface area (TPSA) is 70.8 Å². The van der Waals surface area contributed by atoms with Crippen molar-refractivity contribution in [3.05, 3.63) is 53.7 Å². The Morgan fingerprint density at radius 2 is 2.17 bits per heavy atom. The third-order valence-corrected chi connectivity index (χ3v) is 3.79. The number of hydrogen-bond acceptors (Lipinski definition) is 6. The van der Waals surface area contributed by atoms with Crippen molar-refractivity contribution in [3.63, 3.8) is 0 Å². The van der Waals surface area contributed by atoms with E-state index in [2.05, 4.69) is 21.4 Å². The summed E-state index contributed by atoms with van der Waals surface area (Å²) in [7, 11) is 1.59. The summed E-state index contributed by atoms with van der Waals surface area (Å²) in [6.45, 7) is 0. The highest BCUT2D eigenvalue weighted by atomic mass is 79.9. The molecule has 0 aliphatic carbocycles. The van der Waals surface area contributed by atoms with E-state index in [4.69, 9.17) is 10.00 Å². The monoisotopic (exact) mass is 388 g/mol. The van der Waals surface area contributed by atoms with Gasteiger partial charge < -0.3 is 10.1 Å². The molecule has 0 bridgehead atoms. The first-order valence-electron chi connectivity index (χ1n) is 6.51. The number of halogens is 1. The molecule has 116 valence electrons. The van der Waals surface area contributed by atoms with Crippen molar-refractivity contribution in [2.24, 2.45) is 0 Å². The lowest BCUT2D eigenvalue weighted by molar-refractivity contribution is 0.417. The van der Waals surface area contributed by atoms with Gasteiger partial charge in [-0.15, -0.1) is 28.3 Å². The number of nitrogens with one attached hydrogen (secondary N) is 1. The van der Waals surface area contributed by atoms with Gasteiger partial charge in [-0.3, -0.25) is 4.98 Å². The molecule has 7 heteroatoms. The number of aromatic nitrogens is 2. The largest absolute Gasteiger partial charge is 0.495 e. The molecule has 0 spiro atoms. The quantitative estimate of drug-likeness (QED) is 0.716. The van der Waals surface area contributed by atoms with Crippen LogP contribution in [0.25, 0.3) is 11.3 Å². The van der Waals surface area contributed by atoms with Crippen LogP contribution >= 0.6 is 28.3 Å². The molecule has 0 fully saturated rings. The second kappa shape index (κ2) is 7.72. The number of rotatable bonds is 4. The number of benzene rings is 1. The number of ether oxygens (including phenoxy) is 1. The van der Waals surface area contributed by atoms with Gasteiger partial charge in [0.2, 0.25) is 0 Å². The minimum atomic E-state index is 0. The summed E-state index contributed by atoms with van der Waals surface area (Å²) in [5.74, 6) is 0.664. The van der Waals surface area contributed by atoms with Crippen molar-refractivity contribution < 1.29 is 4.74 Å². The number of nitrogens with zero attached hydrogens (tertiary/aromatic N) is 3. The molecule has 0 aliphatic heterocycles. The summed E-state index contributed by atoms with van der Waals surface area (Å²) in [5.41, 5.74) is 3.10. The second-order valence-electron chi connectivity index (χ2n) is 4.43. The Morgan fingerprint density at radius 3 is 2.87 bits per heavy atom. The SMILES string of the molecule is Br.COc1ccc(C#N)cc1Nc1nc(-c2cccnc2)cs1. The summed E-state index contributed by atoms with van der Waals surface area (Å²) in [6, 6.07) is 11.2. The summed E-state index contributed by atoms with van der Waals surface area (Å²) in [4.78, 5) is 8.63. The lowest BCUT2D eigenvalue weighted by atomic mass is 10.2. The maximum Gasteiger partial charge on any atom is 0.187 e. The van der Waals surface area contributed by atoms with Crippen LogP contribution in [0.15, 0.2) is 48.1 Å². The van der Waals surface area contributed by atoms with E-state index in [1.54, 1.807) is 37.7 Å². The number of hydrogen-bond donors (Lipinski definition) is 1. The maximum absolute atomic E-state index is 9.01. The Morgan fingerprint density at radius 1 is 1.30 bits per heavy atom. The summed E-state index contributed by atoms with van der Waals surface area (Å²) < 4.78 is 5.30. The minimum Gasteiger partial charge on any atom is -0.495 e. The highest BCUT2D eigenvalue weighted by Crippen LogP contribution is 2.31. The van der Waals surface area contributed by atoms with Gasteiger partial charge in [0, 0.05) is 23.3 Å². The maximum atomic E-state index is 9.01. The van der Waals surface area contributed by atoms with E-state index < -0.39 is 0 Å². The molecule has 3 rings (SSSR count). The van der Waals surface area contributed by atoms with Gasteiger partial charge in [0.25, 0.3) is 0 Å². The normalized spacial score (nSPS) is 9.57. The predicted molar refractivity (Wildman–Crippen MR) is 96.7 cm³/mol. The third-order valence-electron chi connectivity index (χ3n) is 3.03. The van der Waals surface area contributed by atoms with Crippen molar-refractivity contribution in [1.82, 2.24) is 9.97 Å². The van der Waals surface area contributed by atoms with E-state index in [0.29, 0.717) is 17.0 Å². The zero-order valence-electron chi connectivity index (χ0n) is 12.2. The minimum absolute atomic E-state index is 0. The second-order valence-corrected chi connectivity index (χ2v) is 5.29. The standard InChI is InChI=1S/C16H12N4OS.BrH/c1-21-15-5-4-11(8-17)7-13(15)19-16-20-14(10-22-16)12-3-2-6-18-9-12;/h2-7,9-10H,1H3,(H,19,20);1H. The van der Waals surface area contributed by atoms with Crippen molar-refractivity contribution in [1.29, 1.82) is 5.26 Å². The number of pyridine rings is 1. The fourth-order valence-corrected chi connectivity index (χ4v) is 2.70. The van der Waals surface area contributed by atoms with E-state index in [-0.39, 0.29) is 17.0 Å². The smallest absolute Gasteiger partial charge is 0.187 e. The molecule has 0 atom stereocenters. The third kappa shape index (κ3) is 3.86. The van der Waals surface area contributed by atoms with Gasteiger partial charge in [0.05, 0.1) is 30.1 Å². The molecule has 23 heavy (non-hydrogen) atoms. The van der Waals surface area contributed by atoms with Gasteiger partial charge in [-0.1, -0.05) is 0 Å². The van der Waals surface area contributed by atoms with Crippen LogP contribution in [0.4, 0.5) is 10.8 Å². The number of methoxy groups -OCH3 is 1. The zero-order valence-corrected chi connectivity index (χ0v) is 14.7. The van der Waals surface area contributed by atoms with Crippen LogP contribution in [0.5, 0.6) is 5.75 Å². The highest BCUT2D eigenvalue weighted by Gasteiger charge is 2.09. The average molecular weight is 389 g/mol. The van der Waals surface area contributed by atoms with Crippen LogP contribution in [0.2, 0.25) is 0 Å². The van der Waals surface area contributed by atoms with Crippen LogP contribution in [-0.4, -0.2) is 17.1 Å². The van der Waals surface area contributed by atoms with Crippen LogP contribution in [0.1, 0.15) is 5.56 Å². The van der Waals surface area contributed by atoms with Gasteiger partial charge in [-0.05, 0) is 30.3 Å². The average Bonchev–Trinajstić information content (AvgIpc) is 3.04. The molecular formula is C16H13BrN4OS. The Labute approximate surface area is 148 Å². The van der Waals surface area contributed by atoms with Crippen molar-refractivity contribution >= 4 is 39.1 Å². The fraction of sp³-hybridized carbons (Fsp3) is 0.0625. The molecule has 5 nitrogen and oxygen atoms in total. The van der Waals surface area contributed by atoms with E-state index >= 15 is 0 Å². The summed E-state index contributed by atoms with van der Waals surface area (Å²) in [6.07, 6.45) is 3.50. The van der Waals surface area contributed by atoms with Crippen molar-refractivity contribution in [2.75, 3.05) is 12.4 Å². The van der Waals surface area contributed by atoms with E-state index in [9.17, 15) is 0 Å². The fourth-order valence-electron chi connectivity index (χ4n) is 1.97. The molecule has 0 amide bonds. The molecule has 0 unspecified atom stereocenters. The van der Waals surface area contributed by atoms with Crippen molar-refractivity contribution in [3.8, 4) is 23.1 Å². The molecule has 2 heterocycles. The summed E-state index contributed by atoms with van der Waals surface area (Å²) in [5, 5.41) is 14.9. The summed E-state index contributed by atoms with van der Waals surface area (Å²) >= 11 is 1.48. The van der Waals surface area contributed by atoms with Crippen LogP contribution in [0, 0.1) is 11.3 Å². The van der Waals surface area contributed by atoms with Crippen LogP contribution in [0.3, 0.4) is 0 Å². The lowest BCUT2D eigenvalue weighted by Crippen LogP contribution is -1.95. The predicted octanol–water partition coefficient (Wildman–Crippen LogP) is 4.41. The number of nitriles is 1. The molecule has 0 saturated heterocycles. The molecule has 1 N–H and O–H groups in total. The number of thiazole rings is 1. The molecule has 3 aromatic rings. The first-order chi connectivity index (χ1) is 10.8. The van der Waals surface area contributed by atoms with Crippen molar-refractivity contribution in [2.45, 2.75) is 0 Å². The molecule has 1 aromatic carbocycles. The Kier molecular flexibility index (Phi) is 5.68. The first-order valence-corrected chi connectivity index (χ1v) is 7.39. The first kappa shape index (κ1) is 16.9. The Hall–Kier alpha value is -2.43. The molecule has 0 saturated carbocycles. The van der Waals surface area contributed by atoms with Gasteiger partial charge in [0.1, 0.15) is 5.75 Å². The van der Waals surface area contributed by atoms with E-state index in [0.717, 1.165) is 16.4 Å². The van der Waals surface area contributed by atoms with Crippen LogP contribution < -0.4 is 10.1 Å². The van der Waals surface area contributed by atoms with Gasteiger partial charge in [-0.2, -0.15) is 5.26 Å². The molecule has 2 aromatic heterocycles. The van der Waals surface area contributed by atoms with E-state index in [1.165, 1.54) is 11.3 Å². The Bertz CT molecular complexity index is 830. The van der Waals surface area contributed by atoms with Crippen LogP contribution in [-0.2, 0) is 0 Å². The zero-order chi connectivity index (χ0) is 15.4. The molecular weight excluding hydrogens is 376 g/mol. The van der Waals surface area contributed by atoms with E-state index in [1.807, 2.05) is 17.5 Å². The number of anilines is 2. The van der Waals surface area contributed by atoms with Gasteiger partial charge in [-0.25, -0.2) is 4.98 Å². The Balaban J connectivity index is 0.00000192. The molecule has 0 radical (unpaired) electrons. The van der Waals surface area contributed by atoms with Gasteiger partial charge in [0.15, 0.2) is 5.13 Å². The van der Waals surface area contributed by atoms with Gasteiger partial charge >= 0.3 is 0 Å². The molecule has 0 aliphatic rings. The highest BCUT2D eigenvalue weighted by molar-refractivity contribution is 8.93. The lowest BCUT2D eigenvalue weighted by Gasteiger charge is -2.09.